The minimum atomic E-state index is -0.148. The second kappa shape index (κ2) is 8.09. The van der Waals surface area contributed by atoms with Gasteiger partial charge in [0.2, 0.25) is 5.91 Å². The number of hydrogen-bond donors (Lipinski definition) is 0. The first-order valence-corrected chi connectivity index (χ1v) is 9.93. The topological polar surface area (TPSA) is 49.1 Å². The van der Waals surface area contributed by atoms with Crippen LogP contribution in [0, 0.1) is 6.92 Å². The van der Waals surface area contributed by atoms with Crippen LogP contribution < -0.4 is 0 Å². The third kappa shape index (κ3) is 4.14. The van der Waals surface area contributed by atoms with Crippen LogP contribution in [0.2, 0.25) is 0 Å². The molecule has 0 unspecified atom stereocenters. The van der Waals surface area contributed by atoms with Crippen LogP contribution in [0.5, 0.6) is 0 Å². The van der Waals surface area contributed by atoms with Crippen LogP contribution in [0.15, 0.2) is 52.2 Å². The summed E-state index contributed by atoms with van der Waals surface area (Å²) in [6.45, 7) is 5.09. The summed E-state index contributed by atoms with van der Waals surface area (Å²) in [5, 5.41) is 6.36. The van der Waals surface area contributed by atoms with Crippen LogP contribution in [0.1, 0.15) is 55.0 Å². The monoisotopic (exact) mass is 365 g/mol. The maximum Gasteiger partial charge on any atom is 0.244 e. The highest BCUT2D eigenvalue weighted by atomic mass is 16.3. The van der Waals surface area contributed by atoms with Crippen molar-refractivity contribution >= 4 is 11.6 Å². The molecule has 0 radical (unpaired) electrons. The maximum atomic E-state index is 13.0. The Hall–Kier alpha value is -2.40. The highest BCUT2D eigenvalue weighted by molar-refractivity contribution is 6.03. The number of aryl methyl sites for hydroxylation is 1. The molecule has 1 amide bonds. The molecule has 1 saturated heterocycles. The Bertz CT molecular complexity index is 789. The van der Waals surface area contributed by atoms with Gasteiger partial charge in [0.05, 0.1) is 12.0 Å². The molecule has 2 aliphatic heterocycles. The Morgan fingerprint density at radius 1 is 1.15 bits per heavy atom. The first kappa shape index (κ1) is 18.0. The molecule has 1 atom stereocenters. The minimum Gasteiger partial charge on any atom is -0.467 e. The van der Waals surface area contributed by atoms with E-state index in [2.05, 4.69) is 36.1 Å². The van der Waals surface area contributed by atoms with Gasteiger partial charge in [-0.05, 0) is 50.6 Å². The van der Waals surface area contributed by atoms with E-state index < -0.39 is 0 Å². The molecule has 3 heterocycles. The van der Waals surface area contributed by atoms with E-state index in [1.807, 2.05) is 12.1 Å². The molecule has 0 N–H and O–H groups in total. The summed E-state index contributed by atoms with van der Waals surface area (Å²) in [4.78, 5) is 15.4. The summed E-state index contributed by atoms with van der Waals surface area (Å²) in [6, 6.07) is 12.0. The number of hydrazone groups is 1. The largest absolute Gasteiger partial charge is 0.467 e. The van der Waals surface area contributed by atoms with Crippen molar-refractivity contribution in [3.63, 3.8) is 0 Å². The van der Waals surface area contributed by atoms with E-state index >= 15 is 0 Å². The third-order valence-electron chi connectivity index (χ3n) is 5.51. The fraction of sp³-hybridized carbons (Fsp3) is 0.455. The number of furan rings is 1. The highest BCUT2D eigenvalue weighted by Gasteiger charge is 2.34. The number of likely N-dealkylation sites (tertiary alicyclic amines) is 1. The number of rotatable bonds is 5. The summed E-state index contributed by atoms with van der Waals surface area (Å²) in [7, 11) is 0. The van der Waals surface area contributed by atoms with Gasteiger partial charge in [0.1, 0.15) is 11.8 Å². The molecule has 2 aromatic rings. The van der Waals surface area contributed by atoms with E-state index in [9.17, 15) is 4.79 Å². The van der Waals surface area contributed by atoms with Gasteiger partial charge in [0.15, 0.2) is 0 Å². The zero-order chi connectivity index (χ0) is 18.6. The molecule has 2 aliphatic rings. The van der Waals surface area contributed by atoms with Crippen molar-refractivity contribution in [2.45, 2.75) is 45.1 Å². The maximum absolute atomic E-state index is 13.0. The van der Waals surface area contributed by atoms with Crippen molar-refractivity contribution in [1.82, 2.24) is 9.91 Å². The van der Waals surface area contributed by atoms with Crippen LogP contribution >= 0.6 is 0 Å². The van der Waals surface area contributed by atoms with Gasteiger partial charge in [-0.15, -0.1) is 0 Å². The quantitative estimate of drug-likeness (QED) is 0.800. The normalized spacial score (nSPS) is 20.7. The molecule has 1 aromatic heterocycles. The number of benzene rings is 1. The molecule has 4 rings (SSSR count). The van der Waals surface area contributed by atoms with Crippen LogP contribution in [0.25, 0.3) is 0 Å². The summed E-state index contributed by atoms with van der Waals surface area (Å²) in [5.74, 6) is 0.872. The molecule has 5 nitrogen and oxygen atoms in total. The lowest BCUT2D eigenvalue weighted by Crippen LogP contribution is -2.34. The zero-order valence-corrected chi connectivity index (χ0v) is 15.9. The molecule has 5 heteroatoms. The van der Waals surface area contributed by atoms with Crippen molar-refractivity contribution in [2.24, 2.45) is 5.10 Å². The van der Waals surface area contributed by atoms with E-state index in [4.69, 9.17) is 9.52 Å². The van der Waals surface area contributed by atoms with E-state index in [0.29, 0.717) is 12.8 Å². The van der Waals surface area contributed by atoms with Gasteiger partial charge < -0.3 is 9.32 Å². The van der Waals surface area contributed by atoms with Gasteiger partial charge in [0, 0.05) is 19.4 Å². The molecule has 0 bridgehead atoms. The van der Waals surface area contributed by atoms with Crippen LogP contribution in [0.4, 0.5) is 0 Å². The van der Waals surface area contributed by atoms with Gasteiger partial charge >= 0.3 is 0 Å². The predicted molar refractivity (Wildman–Crippen MR) is 106 cm³/mol. The average molecular weight is 365 g/mol. The summed E-state index contributed by atoms with van der Waals surface area (Å²) in [5.41, 5.74) is 3.24. The van der Waals surface area contributed by atoms with Crippen molar-refractivity contribution in [1.29, 1.82) is 0 Å². The van der Waals surface area contributed by atoms with Crippen LogP contribution in [-0.4, -0.2) is 41.2 Å². The number of hydrogen-bond acceptors (Lipinski definition) is 4. The van der Waals surface area contributed by atoms with Crippen molar-refractivity contribution < 1.29 is 9.21 Å². The Kier molecular flexibility index (Phi) is 5.39. The zero-order valence-electron chi connectivity index (χ0n) is 15.9. The Balaban J connectivity index is 1.50. The fourth-order valence-electron chi connectivity index (χ4n) is 3.91. The lowest BCUT2D eigenvalue weighted by Gasteiger charge is -2.27. The average Bonchev–Trinajstić information content (AvgIpc) is 3.37. The van der Waals surface area contributed by atoms with E-state index in [1.165, 1.54) is 24.8 Å². The molecule has 1 fully saturated rings. The van der Waals surface area contributed by atoms with Crippen molar-refractivity contribution in [2.75, 3.05) is 19.6 Å². The van der Waals surface area contributed by atoms with Crippen molar-refractivity contribution in [3.8, 4) is 0 Å². The highest BCUT2D eigenvalue weighted by Crippen LogP contribution is 2.33. The Labute approximate surface area is 160 Å². The SMILES string of the molecule is Cc1ccc(C2=NN(C(=O)CCN3CCCCC3)[C@@H](c3ccco3)C2)cc1. The molecule has 0 saturated carbocycles. The molecular formula is C22H27N3O2. The van der Waals surface area contributed by atoms with E-state index in [0.717, 1.165) is 36.7 Å². The van der Waals surface area contributed by atoms with Crippen LogP contribution in [0.3, 0.4) is 0 Å². The number of carbonyl (C=O) groups is 1. The predicted octanol–water partition coefficient (Wildman–Crippen LogP) is 4.14. The Morgan fingerprint density at radius 3 is 2.63 bits per heavy atom. The van der Waals surface area contributed by atoms with Crippen molar-refractivity contribution in [3.05, 3.63) is 59.5 Å². The molecule has 1 aromatic carbocycles. The lowest BCUT2D eigenvalue weighted by molar-refractivity contribution is -0.133. The first-order chi connectivity index (χ1) is 13.2. The van der Waals surface area contributed by atoms with Gasteiger partial charge in [-0.25, -0.2) is 5.01 Å². The smallest absolute Gasteiger partial charge is 0.244 e. The van der Waals surface area contributed by atoms with E-state index in [1.54, 1.807) is 11.3 Å². The Morgan fingerprint density at radius 2 is 1.93 bits per heavy atom. The summed E-state index contributed by atoms with van der Waals surface area (Å²) in [6.07, 6.45) is 6.64. The first-order valence-electron chi connectivity index (χ1n) is 9.93. The number of nitrogens with zero attached hydrogens (tertiary/aromatic N) is 3. The van der Waals surface area contributed by atoms with Gasteiger partial charge in [-0.1, -0.05) is 36.2 Å². The molecule has 142 valence electrons. The summed E-state index contributed by atoms with van der Waals surface area (Å²) < 4.78 is 5.62. The third-order valence-corrected chi connectivity index (χ3v) is 5.51. The second-order valence-electron chi connectivity index (χ2n) is 7.54. The number of amides is 1. The minimum absolute atomic E-state index is 0.0732. The van der Waals surface area contributed by atoms with Gasteiger partial charge in [0.25, 0.3) is 0 Å². The molecular weight excluding hydrogens is 338 g/mol. The standard InChI is InChI=1S/C22H27N3O2/c1-17-7-9-18(10-8-17)19-16-20(21-6-5-15-27-21)25(23-19)22(26)11-14-24-12-3-2-4-13-24/h5-10,15,20H,2-4,11-14,16H2,1H3/t20-/m1/s1. The lowest BCUT2D eigenvalue weighted by atomic mass is 10.0. The molecule has 0 aliphatic carbocycles. The van der Waals surface area contributed by atoms with Crippen LogP contribution in [-0.2, 0) is 4.79 Å². The van der Waals surface area contributed by atoms with E-state index in [-0.39, 0.29) is 11.9 Å². The molecule has 27 heavy (non-hydrogen) atoms. The molecule has 0 spiro atoms. The second-order valence-corrected chi connectivity index (χ2v) is 7.54. The number of carbonyl (C=O) groups excluding carboxylic acids is 1. The van der Waals surface area contributed by atoms with Gasteiger partial charge in [-0.2, -0.15) is 5.10 Å². The summed E-state index contributed by atoms with van der Waals surface area (Å²) >= 11 is 0. The fourth-order valence-corrected chi connectivity index (χ4v) is 3.91. The number of piperidine rings is 1. The van der Waals surface area contributed by atoms with Gasteiger partial charge in [-0.3, -0.25) is 4.79 Å².